The lowest BCUT2D eigenvalue weighted by Crippen LogP contribution is -2.19. The van der Waals surface area contributed by atoms with E-state index in [1.165, 1.54) is 22.5 Å². The number of rotatable bonds is 4. The number of aryl methyl sites for hydroxylation is 4. The van der Waals surface area contributed by atoms with Gasteiger partial charge in [-0.3, -0.25) is 9.48 Å². The van der Waals surface area contributed by atoms with E-state index in [0.29, 0.717) is 23.6 Å². The first-order valence-electron chi connectivity index (χ1n) is 8.10. The molecule has 0 N–H and O–H groups in total. The Kier molecular flexibility index (Phi) is 4.87. The fraction of sp³-hybridized carbons (Fsp3) is 0.389. The van der Waals surface area contributed by atoms with Crippen molar-refractivity contribution < 1.29 is 9.53 Å². The fourth-order valence-corrected chi connectivity index (χ4v) is 3.91. The van der Waals surface area contributed by atoms with Crippen molar-refractivity contribution in [2.75, 3.05) is 13.7 Å². The second kappa shape index (κ2) is 6.93. The van der Waals surface area contributed by atoms with Gasteiger partial charge in [0.05, 0.1) is 16.8 Å². The molecule has 0 bridgehead atoms. The first-order valence-corrected chi connectivity index (χ1v) is 8.91. The lowest BCUT2D eigenvalue weighted by atomic mass is 10.1. The Morgan fingerprint density at radius 1 is 1.28 bits per heavy atom. The van der Waals surface area contributed by atoms with Gasteiger partial charge in [0.15, 0.2) is 10.5 Å². The van der Waals surface area contributed by atoms with E-state index >= 15 is 0 Å². The minimum absolute atomic E-state index is 0.323. The SMILES string of the molecule is COCCn1c(=NC(=O)c2cc(C)n(C)n2)sc2c(C)cc(C)cc21. The molecular weight excluding hydrogens is 336 g/mol. The number of thiazole rings is 1. The van der Waals surface area contributed by atoms with Crippen molar-refractivity contribution in [1.29, 1.82) is 0 Å². The molecule has 0 aliphatic heterocycles. The fourth-order valence-electron chi connectivity index (χ4n) is 2.81. The zero-order chi connectivity index (χ0) is 18.1. The molecule has 1 amide bonds. The van der Waals surface area contributed by atoms with E-state index in [2.05, 4.69) is 40.6 Å². The maximum Gasteiger partial charge on any atom is 0.300 e. The van der Waals surface area contributed by atoms with E-state index < -0.39 is 0 Å². The maximum atomic E-state index is 12.6. The van der Waals surface area contributed by atoms with Crippen LogP contribution >= 0.6 is 11.3 Å². The monoisotopic (exact) mass is 358 g/mol. The lowest BCUT2D eigenvalue weighted by Gasteiger charge is -2.05. The highest BCUT2D eigenvalue weighted by Crippen LogP contribution is 2.23. The number of ether oxygens (including phenoxy) is 1. The van der Waals surface area contributed by atoms with E-state index in [1.807, 2.05) is 14.0 Å². The van der Waals surface area contributed by atoms with Gasteiger partial charge in [-0.2, -0.15) is 10.1 Å². The van der Waals surface area contributed by atoms with Gasteiger partial charge in [-0.1, -0.05) is 17.4 Å². The second-order valence-electron chi connectivity index (χ2n) is 6.17. The minimum Gasteiger partial charge on any atom is -0.383 e. The van der Waals surface area contributed by atoms with Crippen molar-refractivity contribution in [2.24, 2.45) is 12.0 Å². The Bertz CT molecular complexity index is 991. The number of methoxy groups -OCH3 is 1. The third kappa shape index (κ3) is 3.43. The first kappa shape index (κ1) is 17.6. The number of amides is 1. The molecule has 2 heterocycles. The molecule has 0 radical (unpaired) electrons. The second-order valence-corrected chi connectivity index (χ2v) is 7.15. The Morgan fingerprint density at radius 3 is 2.68 bits per heavy atom. The van der Waals surface area contributed by atoms with E-state index in [0.717, 1.165) is 15.9 Å². The summed E-state index contributed by atoms with van der Waals surface area (Å²) in [5, 5.41) is 4.23. The predicted octanol–water partition coefficient (Wildman–Crippen LogP) is 2.75. The summed E-state index contributed by atoms with van der Waals surface area (Å²) in [6.07, 6.45) is 0. The Balaban J connectivity index is 2.16. The van der Waals surface area contributed by atoms with Gasteiger partial charge in [0.2, 0.25) is 0 Å². The van der Waals surface area contributed by atoms with Crippen molar-refractivity contribution >= 4 is 27.5 Å². The van der Waals surface area contributed by atoms with E-state index in [1.54, 1.807) is 17.9 Å². The molecule has 2 aromatic heterocycles. The molecule has 0 saturated carbocycles. The highest BCUT2D eigenvalue weighted by molar-refractivity contribution is 7.16. The Labute approximate surface area is 150 Å². The van der Waals surface area contributed by atoms with Crippen LogP contribution in [0, 0.1) is 20.8 Å². The topological polar surface area (TPSA) is 61.4 Å². The van der Waals surface area contributed by atoms with E-state index in [-0.39, 0.29) is 5.91 Å². The van der Waals surface area contributed by atoms with Crippen LogP contribution in [0.4, 0.5) is 0 Å². The zero-order valence-electron chi connectivity index (χ0n) is 15.2. The van der Waals surface area contributed by atoms with E-state index in [9.17, 15) is 4.79 Å². The molecule has 0 fully saturated rings. The van der Waals surface area contributed by atoms with Crippen molar-refractivity contribution in [1.82, 2.24) is 14.3 Å². The van der Waals surface area contributed by atoms with Crippen LogP contribution < -0.4 is 4.80 Å². The number of carbonyl (C=O) groups is 1. The van der Waals surface area contributed by atoms with Gasteiger partial charge < -0.3 is 9.30 Å². The normalized spacial score (nSPS) is 12.3. The highest BCUT2D eigenvalue weighted by atomic mass is 32.1. The summed E-state index contributed by atoms with van der Waals surface area (Å²) in [7, 11) is 3.49. The number of aromatic nitrogens is 3. The molecule has 1 aromatic carbocycles. The van der Waals surface area contributed by atoms with Crippen molar-refractivity contribution in [3.63, 3.8) is 0 Å². The average molecular weight is 358 g/mol. The molecule has 3 rings (SSSR count). The molecule has 25 heavy (non-hydrogen) atoms. The van der Waals surface area contributed by atoms with Gasteiger partial charge in [-0.05, 0) is 44.0 Å². The average Bonchev–Trinajstić information content (AvgIpc) is 3.06. The number of hydrogen-bond acceptors (Lipinski definition) is 4. The van der Waals surface area contributed by atoms with Crippen LogP contribution in [0.25, 0.3) is 10.2 Å². The lowest BCUT2D eigenvalue weighted by molar-refractivity contribution is 0.0992. The molecule has 0 aliphatic carbocycles. The van der Waals surface area contributed by atoms with Gasteiger partial charge in [-0.25, -0.2) is 0 Å². The van der Waals surface area contributed by atoms with Crippen LogP contribution in [0.15, 0.2) is 23.2 Å². The summed E-state index contributed by atoms with van der Waals surface area (Å²) in [5.74, 6) is -0.323. The molecule has 0 atom stereocenters. The van der Waals surface area contributed by atoms with Gasteiger partial charge in [0.1, 0.15) is 0 Å². The molecule has 0 aliphatic rings. The Hall–Kier alpha value is -2.25. The zero-order valence-corrected chi connectivity index (χ0v) is 16.0. The summed E-state index contributed by atoms with van der Waals surface area (Å²) in [5.41, 5.74) is 4.75. The summed E-state index contributed by atoms with van der Waals surface area (Å²) in [4.78, 5) is 17.6. The van der Waals surface area contributed by atoms with Crippen LogP contribution in [-0.2, 0) is 18.3 Å². The molecule has 132 valence electrons. The highest BCUT2D eigenvalue weighted by Gasteiger charge is 2.13. The summed E-state index contributed by atoms with van der Waals surface area (Å²) < 4.78 is 10.1. The van der Waals surface area contributed by atoms with Crippen LogP contribution in [0.5, 0.6) is 0 Å². The smallest absolute Gasteiger partial charge is 0.300 e. The maximum absolute atomic E-state index is 12.6. The summed E-state index contributed by atoms with van der Waals surface area (Å²) in [6, 6.07) is 6.03. The third-order valence-electron chi connectivity index (χ3n) is 4.16. The number of nitrogens with zero attached hydrogens (tertiary/aromatic N) is 4. The quantitative estimate of drug-likeness (QED) is 0.720. The van der Waals surface area contributed by atoms with Gasteiger partial charge in [0, 0.05) is 26.4 Å². The molecule has 7 heteroatoms. The largest absolute Gasteiger partial charge is 0.383 e. The van der Waals surface area contributed by atoms with Gasteiger partial charge in [0.25, 0.3) is 5.91 Å². The van der Waals surface area contributed by atoms with Crippen LogP contribution in [0.1, 0.15) is 27.3 Å². The molecular formula is C18H22N4O2S. The summed E-state index contributed by atoms with van der Waals surface area (Å²) in [6.45, 7) is 7.27. The van der Waals surface area contributed by atoms with Crippen molar-refractivity contribution in [2.45, 2.75) is 27.3 Å². The number of hydrogen-bond donors (Lipinski definition) is 0. The summed E-state index contributed by atoms with van der Waals surface area (Å²) >= 11 is 1.53. The van der Waals surface area contributed by atoms with Gasteiger partial charge in [-0.15, -0.1) is 0 Å². The molecule has 6 nitrogen and oxygen atoms in total. The third-order valence-corrected chi connectivity index (χ3v) is 5.39. The molecule has 0 saturated heterocycles. The number of carbonyl (C=O) groups excluding carboxylic acids is 1. The minimum atomic E-state index is -0.323. The molecule has 0 unspecified atom stereocenters. The van der Waals surface area contributed by atoms with Crippen molar-refractivity contribution in [3.8, 4) is 0 Å². The van der Waals surface area contributed by atoms with Crippen LogP contribution in [0.3, 0.4) is 0 Å². The van der Waals surface area contributed by atoms with Crippen LogP contribution in [-0.4, -0.2) is 34.0 Å². The predicted molar refractivity (Wildman–Crippen MR) is 99.0 cm³/mol. The standard InChI is InChI=1S/C18H22N4O2S/c1-11-8-12(2)16-15(9-11)22(6-7-24-5)18(25-16)19-17(23)14-10-13(3)21(4)20-14/h8-10H,6-7H2,1-5H3. The Morgan fingerprint density at radius 2 is 2.04 bits per heavy atom. The van der Waals surface area contributed by atoms with E-state index in [4.69, 9.17) is 4.74 Å². The number of fused-ring (bicyclic) bond motifs is 1. The molecule has 0 spiro atoms. The molecule has 3 aromatic rings. The number of benzene rings is 1. The van der Waals surface area contributed by atoms with Gasteiger partial charge >= 0.3 is 0 Å². The first-order chi connectivity index (χ1) is 11.9. The van der Waals surface area contributed by atoms with Crippen molar-refractivity contribution in [3.05, 3.63) is 45.5 Å². The van der Waals surface area contributed by atoms with Crippen LogP contribution in [0.2, 0.25) is 0 Å².